The van der Waals surface area contributed by atoms with Crippen LogP contribution in [0.4, 0.5) is 0 Å². The van der Waals surface area contributed by atoms with Crippen LogP contribution in [0.1, 0.15) is 46.0 Å². The van der Waals surface area contributed by atoms with Crippen LogP contribution < -0.4 is 5.32 Å². The van der Waals surface area contributed by atoms with E-state index < -0.39 is 0 Å². The zero-order valence-corrected chi connectivity index (χ0v) is 13.5. The molecule has 1 fully saturated rings. The number of unbranched alkanes of at least 4 members (excludes halogenated alkanes) is 1. The molecular formula is C16H34N2O2. The van der Waals surface area contributed by atoms with E-state index in [0.717, 1.165) is 58.8 Å². The maximum Gasteiger partial charge on any atom is 0.0702 e. The third-order valence-electron chi connectivity index (χ3n) is 3.72. The summed E-state index contributed by atoms with van der Waals surface area (Å²) in [5.74, 6) is 0. The first-order chi connectivity index (χ1) is 9.86. The number of likely N-dealkylation sites (tertiary alicyclic amines) is 1. The van der Waals surface area contributed by atoms with Crippen LogP contribution in [0.15, 0.2) is 0 Å². The second-order valence-corrected chi connectivity index (χ2v) is 5.59. The lowest BCUT2D eigenvalue weighted by molar-refractivity contribution is 0.000371. The molecule has 1 atom stereocenters. The number of nitrogens with one attached hydrogen (secondary N) is 1. The summed E-state index contributed by atoms with van der Waals surface area (Å²) in [6, 6.07) is 0. The predicted octanol–water partition coefficient (Wildman–Crippen LogP) is 2.28. The van der Waals surface area contributed by atoms with Crippen LogP contribution in [-0.4, -0.2) is 63.5 Å². The van der Waals surface area contributed by atoms with Crippen LogP contribution in [0.3, 0.4) is 0 Å². The Labute approximate surface area is 125 Å². The fraction of sp³-hybridized carbons (Fsp3) is 1.00. The van der Waals surface area contributed by atoms with Gasteiger partial charge in [0.25, 0.3) is 0 Å². The van der Waals surface area contributed by atoms with E-state index in [1.54, 1.807) is 0 Å². The molecule has 1 heterocycles. The Hall–Kier alpha value is -0.160. The SMILES string of the molecule is CCCOC1CCCN(CCNCCCCOCC)C1. The topological polar surface area (TPSA) is 33.7 Å². The molecule has 4 heteroatoms. The van der Waals surface area contributed by atoms with Crippen molar-refractivity contribution in [3.63, 3.8) is 0 Å². The molecule has 0 aliphatic carbocycles. The van der Waals surface area contributed by atoms with E-state index in [2.05, 4.69) is 17.1 Å². The molecule has 4 nitrogen and oxygen atoms in total. The minimum Gasteiger partial charge on any atom is -0.382 e. The van der Waals surface area contributed by atoms with Gasteiger partial charge in [-0.2, -0.15) is 0 Å². The van der Waals surface area contributed by atoms with Gasteiger partial charge in [-0.15, -0.1) is 0 Å². The van der Waals surface area contributed by atoms with Crippen molar-refractivity contribution < 1.29 is 9.47 Å². The van der Waals surface area contributed by atoms with E-state index in [9.17, 15) is 0 Å². The Morgan fingerprint density at radius 2 is 2.05 bits per heavy atom. The lowest BCUT2D eigenvalue weighted by atomic mass is 10.1. The summed E-state index contributed by atoms with van der Waals surface area (Å²) in [4.78, 5) is 2.54. The monoisotopic (exact) mass is 286 g/mol. The maximum absolute atomic E-state index is 5.87. The zero-order valence-electron chi connectivity index (χ0n) is 13.5. The maximum atomic E-state index is 5.87. The van der Waals surface area contributed by atoms with Crippen molar-refractivity contribution in [2.45, 2.75) is 52.1 Å². The van der Waals surface area contributed by atoms with E-state index in [1.165, 1.54) is 25.8 Å². The molecular weight excluding hydrogens is 252 g/mol. The fourth-order valence-electron chi connectivity index (χ4n) is 2.60. The van der Waals surface area contributed by atoms with Crippen LogP contribution >= 0.6 is 0 Å². The van der Waals surface area contributed by atoms with Gasteiger partial charge in [0, 0.05) is 39.5 Å². The van der Waals surface area contributed by atoms with Crippen molar-refractivity contribution in [2.75, 3.05) is 52.5 Å². The molecule has 120 valence electrons. The van der Waals surface area contributed by atoms with Gasteiger partial charge in [-0.25, -0.2) is 0 Å². The van der Waals surface area contributed by atoms with E-state index >= 15 is 0 Å². The Morgan fingerprint density at radius 3 is 2.85 bits per heavy atom. The molecule has 0 aromatic heterocycles. The average Bonchev–Trinajstić information content (AvgIpc) is 2.48. The van der Waals surface area contributed by atoms with Crippen LogP contribution in [0.5, 0.6) is 0 Å². The number of nitrogens with zero attached hydrogens (tertiary/aromatic N) is 1. The third-order valence-corrected chi connectivity index (χ3v) is 3.72. The van der Waals surface area contributed by atoms with Crippen molar-refractivity contribution in [3.05, 3.63) is 0 Å². The van der Waals surface area contributed by atoms with E-state index in [1.807, 2.05) is 6.92 Å². The van der Waals surface area contributed by atoms with Gasteiger partial charge < -0.3 is 14.8 Å². The van der Waals surface area contributed by atoms with E-state index in [-0.39, 0.29) is 0 Å². The minimum absolute atomic E-state index is 0.467. The highest BCUT2D eigenvalue weighted by Crippen LogP contribution is 2.12. The Morgan fingerprint density at radius 1 is 1.15 bits per heavy atom. The van der Waals surface area contributed by atoms with Gasteiger partial charge in [-0.1, -0.05) is 6.92 Å². The van der Waals surface area contributed by atoms with Gasteiger partial charge in [0.2, 0.25) is 0 Å². The smallest absolute Gasteiger partial charge is 0.0702 e. The standard InChI is InChI=1S/C16H34N2O2/c1-3-13-20-16-8-7-11-18(15-16)12-10-17-9-5-6-14-19-4-2/h16-17H,3-15H2,1-2H3. The number of ether oxygens (including phenoxy) is 2. The van der Waals surface area contributed by atoms with E-state index in [4.69, 9.17) is 9.47 Å². The molecule has 0 aromatic rings. The van der Waals surface area contributed by atoms with Crippen molar-refractivity contribution in [1.82, 2.24) is 10.2 Å². The molecule has 0 aromatic carbocycles. The van der Waals surface area contributed by atoms with Gasteiger partial charge in [0.1, 0.15) is 0 Å². The second-order valence-electron chi connectivity index (χ2n) is 5.59. The molecule has 1 saturated heterocycles. The summed E-state index contributed by atoms with van der Waals surface area (Å²) in [7, 11) is 0. The van der Waals surface area contributed by atoms with Gasteiger partial charge in [-0.3, -0.25) is 4.90 Å². The van der Waals surface area contributed by atoms with Crippen LogP contribution in [0.25, 0.3) is 0 Å². The summed E-state index contributed by atoms with van der Waals surface area (Å²) in [5.41, 5.74) is 0. The van der Waals surface area contributed by atoms with Gasteiger partial charge in [0.05, 0.1) is 6.10 Å². The lowest BCUT2D eigenvalue weighted by Gasteiger charge is -2.32. The number of rotatable bonds is 12. The van der Waals surface area contributed by atoms with Crippen molar-refractivity contribution in [3.8, 4) is 0 Å². The van der Waals surface area contributed by atoms with Crippen molar-refractivity contribution >= 4 is 0 Å². The highest BCUT2D eigenvalue weighted by atomic mass is 16.5. The summed E-state index contributed by atoms with van der Waals surface area (Å²) in [6.45, 7) is 12.6. The highest BCUT2D eigenvalue weighted by Gasteiger charge is 2.19. The predicted molar refractivity (Wildman–Crippen MR) is 84.3 cm³/mol. The Balaban J connectivity index is 1.93. The quantitative estimate of drug-likeness (QED) is 0.558. The number of hydrogen-bond acceptors (Lipinski definition) is 4. The summed E-state index contributed by atoms with van der Waals surface area (Å²) >= 11 is 0. The third kappa shape index (κ3) is 8.90. The van der Waals surface area contributed by atoms with E-state index in [0.29, 0.717) is 6.10 Å². The first-order valence-corrected chi connectivity index (χ1v) is 8.49. The van der Waals surface area contributed by atoms with Crippen LogP contribution in [0, 0.1) is 0 Å². The largest absolute Gasteiger partial charge is 0.382 e. The first kappa shape index (κ1) is 17.9. The van der Waals surface area contributed by atoms with Crippen LogP contribution in [0.2, 0.25) is 0 Å². The number of hydrogen-bond donors (Lipinski definition) is 1. The minimum atomic E-state index is 0.467. The van der Waals surface area contributed by atoms with Gasteiger partial charge in [-0.05, 0) is 52.1 Å². The molecule has 1 unspecified atom stereocenters. The molecule has 1 rings (SSSR count). The highest BCUT2D eigenvalue weighted by molar-refractivity contribution is 4.73. The normalized spacial score (nSPS) is 20.4. The molecule has 0 bridgehead atoms. The molecule has 0 saturated carbocycles. The number of piperidine rings is 1. The van der Waals surface area contributed by atoms with Crippen molar-refractivity contribution in [1.29, 1.82) is 0 Å². The molecule has 1 aliphatic heterocycles. The van der Waals surface area contributed by atoms with Gasteiger partial charge in [0.15, 0.2) is 0 Å². The second kappa shape index (κ2) is 12.6. The zero-order chi connectivity index (χ0) is 14.5. The molecule has 0 spiro atoms. The lowest BCUT2D eigenvalue weighted by Crippen LogP contribution is -2.42. The van der Waals surface area contributed by atoms with Crippen LogP contribution in [-0.2, 0) is 9.47 Å². The van der Waals surface area contributed by atoms with Crippen molar-refractivity contribution in [2.24, 2.45) is 0 Å². The molecule has 1 N–H and O–H groups in total. The summed E-state index contributed by atoms with van der Waals surface area (Å²) < 4.78 is 11.2. The Bertz CT molecular complexity index is 215. The molecule has 0 amide bonds. The Kier molecular flexibility index (Phi) is 11.2. The van der Waals surface area contributed by atoms with Gasteiger partial charge >= 0.3 is 0 Å². The first-order valence-electron chi connectivity index (χ1n) is 8.49. The molecule has 0 radical (unpaired) electrons. The average molecular weight is 286 g/mol. The summed E-state index contributed by atoms with van der Waals surface area (Å²) in [5, 5.41) is 3.53. The molecule has 20 heavy (non-hydrogen) atoms. The fourth-order valence-corrected chi connectivity index (χ4v) is 2.60. The molecule has 1 aliphatic rings. The summed E-state index contributed by atoms with van der Waals surface area (Å²) in [6.07, 6.45) is 6.48.